The molecule has 1 unspecified atom stereocenters. The van der Waals surface area contributed by atoms with Crippen LogP contribution >= 0.6 is 0 Å². The number of fused-ring (bicyclic) bond motifs is 2. The van der Waals surface area contributed by atoms with Crippen LogP contribution in [0, 0.1) is 5.92 Å². The molecule has 6 rings (SSSR count). The maximum Gasteiger partial charge on any atom is 0.255 e. The molecule has 3 N–H and O–H groups in total. The summed E-state index contributed by atoms with van der Waals surface area (Å²) in [5.41, 5.74) is 9.05. The Morgan fingerprint density at radius 3 is 2.78 bits per heavy atom. The van der Waals surface area contributed by atoms with Crippen LogP contribution in [0.5, 0.6) is 0 Å². The van der Waals surface area contributed by atoms with E-state index in [0.717, 1.165) is 30.1 Å². The van der Waals surface area contributed by atoms with Crippen molar-refractivity contribution in [1.82, 2.24) is 15.1 Å². The van der Waals surface area contributed by atoms with Crippen molar-refractivity contribution in [3.8, 4) is 0 Å². The Bertz CT molecular complexity index is 846. The fourth-order valence-electron chi connectivity index (χ4n) is 5.44. The summed E-state index contributed by atoms with van der Waals surface area (Å²) in [4.78, 5) is 40.7. The molecule has 5 aliphatic rings. The van der Waals surface area contributed by atoms with Gasteiger partial charge in [0.1, 0.15) is 6.04 Å². The van der Waals surface area contributed by atoms with Crippen LogP contribution in [-0.4, -0.2) is 52.2 Å². The van der Waals surface area contributed by atoms with E-state index in [9.17, 15) is 14.4 Å². The molecule has 7 nitrogen and oxygen atoms in total. The number of benzene rings is 1. The third kappa shape index (κ3) is 2.45. The van der Waals surface area contributed by atoms with Crippen molar-refractivity contribution in [2.24, 2.45) is 11.7 Å². The number of nitrogens with one attached hydrogen (secondary N) is 1. The van der Waals surface area contributed by atoms with Crippen LogP contribution in [0.4, 0.5) is 0 Å². The van der Waals surface area contributed by atoms with Gasteiger partial charge in [-0.05, 0) is 42.4 Å². The Kier molecular flexibility index (Phi) is 3.67. The predicted octanol–water partition coefficient (Wildman–Crippen LogP) is 0.371. The molecule has 2 bridgehead atoms. The molecule has 0 spiro atoms. The highest BCUT2D eigenvalue weighted by molar-refractivity contribution is 6.05. The van der Waals surface area contributed by atoms with Crippen molar-refractivity contribution in [3.05, 3.63) is 34.9 Å². The standard InChI is InChI=1S/C20H24N4O3/c21-11-20-6-12(7-20)8-23(20)9-13-2-1-3-14-15(13)10-24(19(14)27)16-4-5-17(25)22-18(16)26/h1-3,12,16H,4-11,21H2,(H,22,25,26). The molecule has 3 saturated heterocycles. The number of rotatable bonds is 4. The summed E-state index contributed by atoms with van der Waals surface area (Å²) in [6.07, 6.45) is 3.03. The summed E-state index contributed by atoms with van der Waals surface area (Å²) in [6, 6.07) is 5.29. The third-order valence-electron chi connectivity index (χ3n) is 6.91. The third-order valence-corrected chi connectivity index (χ3v) is 6.91. The van der Waals surface area contributed by atoms with E-state index in [-0.39, 0.29) is 29.7 Å². The predicted molar refractivity (Wildman–Crippen MR) is 97.4 cm³/mol. The van der Waals surface area contributed by atoms with Crippen molar-refractivity contribution in [3.63, 3.8) is 0 Å². The second-order valence-corrected chi connectivity index (χ2v) is 8.43. The van der Waals surface area contributed by atoms with Crippen LogP contribution in [0.25, 0.3) is 0 Å². The van der Waals surface area contributed by atoms with E-state index in [1.54, 1.807) is 4.90 Å². The summed E-state index contributed by atoms with van der Waals surface area (Å²) in [5, 5.41) is 2.36. The van der Waals surface area contributed by atoms with Gasteiger partial charge in [-0.25, -0.2) is 0 Å². The van der Waals surface area contributed by atoms with E-state index < -0.39 is 6.04 Å². The van der Waals surface area contributed by atoms with E-state index in [1.165, 1.54) is 12.8 Å². The Labute approximate surface area is 157 Å². The van der Waals surface area contributed by atoms with Crippen LogP contribution in [0.2, 0.25) is 0 Å². The topological polar surface area (TPSA) is 95.7 Å². The Morgan fingerprint density at radius 2 is 2.04 bits per heavy atom. The first kappa shape index (κ1) is 16.9. The second kappa shape index (κ2) is 5.87. The zero-order chi connectivity index (χ0) is 18.8. The summed E-state index contributed by atoms with van der Waals surface area (Å²) in [6.45, 7) is 2.99. The largest absolute Gasteiger partial charge is 0.329 e. The number of nitrogens with zero attached hydrogens (tertiary/aromatic N) is 2. The molecule has 27 heavy (non-hydrogen) atoms. The van der Waals surface area contributed by atoms with Gasteiger partial charge < -0.3 is 10.6 Å². The lowest BCUT2D eigenvalue weighted by molar-refractivity contribution is -0.136. The van der Waals surface area contributed by atoms with E-state index in [4.69, 9.17) is 5.73 Å². The molecule has 0 aromatic heterocycles. The van der Waals surface area contributed by atoms with Gasteiger partial charge in [-0.3, -0.25) is 24.6 Å². The highest BCUT2D eigenvalue weighted by atomic mass is 16.2. The van der Waals surface area contributed by atoms with Gasteiger partial charge in [0.05, 0.1) is 0 Å². The number of imide groups is 1. The molecular weight excluding hydrogens is 344 g/mol. The maximum absolute atomic E-state index is 12.9. The Balaban J connectivity index is 1.40. The molecule has 0 radical (unpaired) electrons. The normalized spacial score (nSPS) is 32.5. The minimum atomic E-state index is -0.564. The highest BCUT2D eigenvalue weighted by Gasteiger charge is 2.54. The quantitative estimate of drug-likeness (QED) is 0.749. The zero-order valence-corrected chi connectivity index (χ0v) is 15.2. The smallest absolute Gasteiger partial charge is 0.255 e. The fourth-order valence-corrected chi connectivity index (χ4v) is 5.44. The van der Waals surface area contributed by atoms with Gasteiger partial charge in [0.2, 0.25) is 11.8 Å². The average Bonchev–Trinajstić information content (AvgIpc) is 3.25. The first-order chi connectivity index (χ1) is 13.0. The number of carbonyl (C=O) groups excluding carboxylic acids is 3. The zero-order valence-electron chi connectivity index (χ0n) is 15.2. The molecule has 4 aliphatic heterocycles. The molecule has 1 aromatic rings. The number of hydrogen-bond donors (Lipinski definition) is 2. The molecule has 142 valence electrons. The molecule has 7 heteroatoms. The van der Waals surface area contributed by atoms with Crippen molar-refractivity contribution < 1.29 is 14.4 Å². The van der Waals surface area contributed by atoms with Crippen molar-refractivity contribution in [1.29, 1.82) is 0 Å². The van der Waals surface area contributed by atoms with Crippen molar-refractivity contribution in [2.75, 3.05) is 13.1 Å². The van der Waals surface area contributed by atoms with Gasteiger partial charge in [-0.1, -0.05) is 12.1 Å². The number of hydrogen-bond acceptors (Lipinski definition) is 5. The molecule has 1 atom stereocenters. The summed E-state index contributed by atoms with van der Waals surface area (Å²) < 4.78 is 0. The monoisotopic (exact) mass is 368 g/mol. The van der Waals surface area contributed by atoms with Gasteiger partial charge in [-0.2, -0.15) is 0 Å². The van der Waals surface area contributed by atoms with Gasteiger partial charge in [0.15, 0.2) is 0 Å². The van der Waals surface area contributed by atoms with Gasteiger partial charge in [0.25, 0.3) is 5.91 Å². The van der Waals surface area contributed by atoms with Crippen LogP contribution in [0.3, 0.4) is 0 Å². The number of carbonyl (C=O) groups is 3. The first-order valence-corrected chi connectivity index (χ1v) is 9.71. The Hall–Kier alpha value is -2.25. The van der Waals surface area contributed by atoms with Crippen LogP contribution in [0.1, 0.15) is 47.2 Å². The average molecular weight is 368 g/mol. The molecule has 1 aliphatic carbocycles. The highest BCUT2D eigenvalue weighted by Crippen LogP contribution is 2.50. The van der Waals surface area contributed by atoms with Crippen LogP contribution in [-0.2, 0) is 22.7 Å². The summed E-state index contributed by atoms with van der Waals surface area (Å²) in [7, 11) is 0. The minimum absolute atomic E-state index is 0.111. The summed E-state index contributed by atoms with van der Waals surface area (Å²) >= 11 is 0. The van der Waals surface area contributed by atoms with Crippen molar-refractivity contribution in [2.45, 2.75) is 50.4 Å². The molecule has 1 aromatic carbocycles. The first-order valence-electron chi connectivity index (χ1n) is 9.71. The number of piperidine rings is 1. The minimum Gasteiger partial charge on any atom is -0.329 e. The van der Waals surface area contributed by atoms with Crippen LogP contribution in [0.15, 0.2) is 18.2 Å². The van der Waals surface area contributed by atoms with Crippen molar-refractivity contribution >= 4 is 17.7 Å². The summed E-state index contributed by atoms with van der Waals surface area (Å²) in [5.74, 6) is 0.0186. The SMILES string of the molecule is NCC12CC(CN1Cc1cccc3c1CN(C1CCC(=O)NC1=O)C3=O)C2. The van der Waals surface area contributed by atoms with E-state index in [2.05, 4.69) is 16.3 Å². The van der Waals surface area contributed by atoms with Gasteiger partial charge >= 0.3 is 0 Å². The molecule has 1 saturated carbocycles. The molecular formula is C20H24N4O3. The van der Waals surface area contributed by atoms with Gasteiger partial charge in [-0.15, -0.1) is 0 Å². The second-order valence-electron chi connectivity index (χ2n) is 8.43. The molecule has 4 heterocycles. The van der Waals surface area contributed by atoms with Crippen LogP contribution < -0.4 is 11.1 Å². The lowest BCUT2D eigenvalue weighted by atomic mass is 9.73. The van der Waals surface area contributed by atoms with E-state index in [0.29, 0.717) is 25.1 Å². The fraction of sp³-hybridized carbons (Fsp3) is 0.550. The van der Waals surface area contributed by atoms with E-state index >= 15 is 0 Å². The lowest BCUT2D eigenvalue weighted by Gasteiger charge is -2.41. The number of nitrogens with two attached hydrogens (primary N) is 1. The maximum atomic E-state index is 12.9. The Morgan fingerprint density at radius 1 is 1.22 bits per heavy atom. The number of amides is 3. The molecule has 4 fully saturated rings. The van der Waals surface area contributed by atoms with E-state index in [1.807, 2.05) is 12.1 Å². The lowest BCUT2D eigenvalue weighted by Crippen LogP contribution is -2.52. The molecule has 3 amide bonds. The van der Waals surface area contributed by atoms with Gasteiger partial charge in [0, 0.05) is 43.7 Å².